The van der Waals surface area contributed by atoms with Gasteiger partial charge in [-0.25, -0.2) is 8.78 Å². The summed E-state index contributed by atoms with van der Waals surface area (Å²) in [5.74, 6) is -1.07. The number of aliphatic hydroxyl groups is 1. The highest BCUT2D eigenvalue weighted by atomic mass is 19.3. The molecule has 3 N–H and O–H groups in total. The summed E-state index contributed by atoms with van der Waals surface area (Å²) in [6.07, 6.45) is -3.11. The smallest absolute Gasteiger partial charge is 0.289 e. The number of nitrogens with one attached hydrogen (secondary N) is 2. The molecular formula is C5H8F2N2O2. The Morgan fingerprint density at radius 2 is 2.18 bits per heavy atom. The van der Waals surface area contributed by atoms with Gasteiger partial charge in [-0.3, -0.25) is 10.1 Å². The third-order valence-electron chi connectivity index (χ3n) is 1.47. The first-order valence-electron chi connectivity index (χ1n) is 3.11. The Kier molecular flexibility index (Phi) is 2.05. The molecule has 1 unspecified atom stereocenters. The van der Waals surface area contributed by atoms with E-state index in [4.69, 9.17) is 5.11 Å². The molecule has 0 aromatic carbocycles. The number of alkyl halides is 2. The Morgan fingerprint density at radius 3 is 2.55 bits per heavy atom. The summed E-state index contributed by atoms with van der Waals surface area (Å²) in [6, 6.07) is 0. The average Bonchev–Trinajstić information content (AvgIpc) is 1.95. The summed E-state index contributed by atoms with van der Waals surface area (Å²) in [5, 5.41) is 13.1. The maximum Gasteiger partial charge on any atom is 0.289 e. The summed E-state index contributed by atoms with van der Waals surface area (Å²) in [6.45, 7) is 0.403. The van der Waals surface area contributed by atoms with Crippen LogP contribution in [0.3, 0.4) is 0 Å². The molecule has 1 atom stereocenters. The lowest BCUT2D eigenvalue weighted by atomic mass is 10.2. The highest BCUT2D eigenvalue weighted by molar-refractivity contribution is 5.85. The average molecular weight is 166 g/mol. The van der Waals surface area contributed by atoms with E-state index >= 15 is 0 Å². The summed E-state index contributed by atoms with van der Waals surface area (Å²) in [7, 11) is 0. The van der Waals surface area contributed by atoms with Crippen molar-refractivity contribution < 1.29 is 18.7 Å². The Hall–Kier alpha value is -0.750. The second-order valence-electron chi connectivity index (χ2n) is 2.25. The van der Waals surface area contributed by atoms with Gasteiger partial charge in [-0.2, -0.15) is 0 Å². The van der Waals surface area contributed by atoms with E-state index in [2.05, 4.69) is 5.32 Å². The van der Waals surface area contributed by atoms with E-state index < -0.39 is 18.1 Å². The minimum Gasteiger partial charge on any atom is -0.363 e. The van der Waals surface area contributed by atoms with Crippen molar-refractivity contribution in [3.8, 4) is 0 Å². The lowest BCUT2D eigenvalue weighted by Crippen LogP contribution is -2.67. The van der Waals surface area contributed by atoms with Crippen LogP contribution in [0.1, 0.15) is 0 Å². The van der Waals surface area contributed by atoms with Crippen molar-refractivity contribution in [1.82, 2.24) is 10.6 Å². The van der Waals surface area contributed by atoms with Crippen molar-refractivity contribution >= 4 is 5.91 Å². The summed E-state index contributed by atoms with van der Waals surface area (Å²) < 4.78 is 24.0. The summed E-state index contributed by atoms with van der Waals surface area (Å²) in [4.78, 5) is 10.7. The zero-order valence-corrected chi connectivity index (χ0v) is 5.60. The number of amides is 1. The fraction of sp³-hybridized carbons (Fsp3) is 0.800. The normalized spacial score (nSPS) is 32.2. The molecule has 0 saturated carbocycles. The molecule has 11 heavy (non-hydrogen) atoms. The molecule has 1 heterocycles. The van der Waals surface area contributed by atoms with E-state index in [0.29, 0.717) is 0 Å². The molecule has 1 amide bonds. The predicted molar refractivity (Wildman–Crippen MR) is 32.0 cm³/mol. The Balaban J connectivity index is 2.73. The van der Waals surface area contributed by atoms with Crippen LogP contribution in [0.4, 0.5) is 8.78 Å². The maximum atomic E-state index is 12.0. The number of carbonyl (C=O) groups is 1. The van der Waals surface area contributed by atoms with E-state index in [0.717, 1.165) is 0 Å². The molecule has 1 fully saturated rings. The molecule has 6 heteroatoms. The van der Waals surface area contributed by atoms with Crippen molar-refractivity contribution in [3.05, 3.63) is 0 Å². The van der Waals surface area contributed by atoms with Crippen LogP contribution in [0.2, 0.25) is 0 Å². The van der Waals surface area contributed by atoms with Gasteiger partial charge in [0.05, 0.1) is 0 Å². The predicted octanol–water partition coefficient (Wildman–Crippen LogP) is -1.34. The van der Waals surface area contributed by atoms with E-state index in [9.17, 15) is 13.6 Å². The molecule has 0 aromatic rings. The van der Waals surface area contributed by atoms with Crippen molar-refractivity contribution in [2.45, 2.75) is 12.2 Å². The third-order valence-corrected chi connectivity index (χ3v) is 1.47. The Bertz CT molecular complexity index is 176. The molecule has 0 aromatic heterocycles. The van der Waals surface area contributed by atoms with Gasteiger partial charge in [0.1, 0.15) is 0 Å². The number of rotatable bonds is 1. The highest BCUT2D eigenvalue weighted by Crippen LogP contribution is 2.13. The van der Waals surface area contributed by atoms with Gasteiger partial charge < -0.3 is 10.4 Å². The molecule has 1 saturated heterocycles. The Labute approximate surface area is 61.6 Å². The molecule has 64 valence electrons. The van der Waals surface area contributed by atoms with E-state index in [1.165, 1.54) is 0 Å². The first-order chi connectivity index (χ1) is 5.07. The maximum absolute atomic E-state index is 12.0. The first kappa shape index (κ1) is 8.35. The fourth-order valence-corrected chi connectivity index (χ4v) is 0.820. The van der Waals surface area contributed by atoms with Gasteiger partial charge >= 0.3 is 0 Å². The molecule has 1 rings (SSSR count). The van der Waals surface area contributed by atoms with Crippen LogP contribution in [0.25, 0.3) is 0 Å². The van der Waals surface area contributed by atoms with Crippen LogP contribution >= 0.6 is 0 Å². The van der Waals surface area contributed by atoms with Crippen molar-refractivity contribution in [2.24, 2.45) is 0 Å². The van der Waals surface area contributed by atoms with Gasteiger partial charge in [0.2, 0.25) is 0 Å². The second-order valence-corrected chi connectivity index (χ2v) is 2.25. The number of carbonyl (C=O) groups excluding carboxylic acids is 1. The molecule has 1 aliphatic heterocycles. The monoisotopic (exact) mass is 166 g/mol. The molecule has 4 nitrogen and oxygen atoms in total. The zero-order valence-electron chi connectivity index (χ0n) is 5.60. The fourth-order valence-electron chi connectivity index (χ4n) is 0.820. The van der Waals surface area contributed by atoms with Crippen LogP contribution in [-0.2, 0) is 4.79 Å². The van der Waals surface area contributed by atoms with Gasteiger partial charge in [-0.1, -0.05) is 0 Å². The second kappa shape index (κ2) is 2.71. The largest absolute Gasteiger partial charge is 0.363 e. The molecular weight excluding hydrogens is 158 g/mol. The lowest BCUT2D eigenvalue weighted by Gasteiger charge is -2.30. The van der Waals surface area contributed by atoms with Crippen molar-refractivity contribution in [1.29, 1.82) is 0 Å². The zero-order chi connectivity index (χ0) is 8.48. The number of halogens is 2. The van der Waals surface area contributed by atoms with E-state index in [1.807, 2.05) is 5.32 Å². The Morgan fingerprint density at radius 1 is 1.55 bits per heavy atom. The minimum atomic E-state index is -3.11. The standard InChI is InChI=1S/C5H8F2N2O2/c6-3(7)5(11)4(10)8-1-2-9-5/h3,9,11H,1-2H2,(H,8,10). The summed E-state index contributed by atoms with van der Waals surface area (Å²) in [5.41, 5.74) is -2.70. The van der Waals surface area contributed by atoms with Gasteiger partial charge in [0.25, 0.3) is 18.1 Å². The summed E-state index contributed by atoms with van der Waals surface area (Å²) >= 11 is 0. The molecule has 0 bridgehead atoms. The van der Waals surface area contributed by atoms with Crippen LogP contribution in [0.15, 0.2) is 0 Å². The first-order valence-corrected chi connectivity index (χ1v) is 3.11. The van der Waals surface area contributed by atoms with Crippen LogP contribution < -0.4 is 10.6 Å². The number of hydrogen-bond donors (Lipinski definition) is 3. The number of piperazine rings is 1. The van der Waals surface area contributed by atoms with Gasteiger partial charge in [-0.05, 0) is 0 Å². The third kappa shape index (κ3) is 1.31. The van der Waals surface area contributed by atoms with Crippen molar-refractivity contribution in [2.75, 3.05) is 13.1 Å². The quantitative estimate of drug-likeness (QED) is 0.452. The minimum absolute atomic E-state index is 0.145. The van der Waals surface area contributed by atoms with Gasteiger partial charge in [0, 0.05) is 13.1 Å². The van der Waals surface area contributed by atoms with Crippen LogP contribution in [0, 0.1) is 0 Å². The molecule has 0 radical (unpaired) electrons. The van der Waals surface area contributed by atoms with E-state index in [-0.39, 0.29) is 13.1 Å². The number of hydrogen-bond acceptors (Lipinski definition) is 3. The highest BCUT2D eigenvalue weighted by Gasteiger charge is 2.46. The molecule has 0 aliphatic carbocycles. The van der Waals surface area contributed by atoms with Crippen LogP contribution in [0.5, 0.6) is 0 Å². The lowest BCUT2D eigenvalue weighted by molar-refractivity contribution is -0.168. The molecule has 0 spiro atoms. The van der Waals surface area contributed by atoms with Gasteiger partial charge in [0.15, 0.2) is 0 Å². The van der Waals surface area contributed by atoms with Crippen LogP contribution in [-0.4, -0.2) is 36.3 Å². The van der Waals surface area contributed by atoms with Crippen molar-refractivity contribution in [3.63, 3.8) is 0 Å². The van der Waals surface area contributed by atoms with E-state index in [1.54, 1.807) is 0 Å². The SMILES string of the molecule is O=C1NCCNC1(O)C(F)F. The topological polar surface area (TPSA) is 61.4 Å². The van der Waals surface area contributed by atoms with Gasteiger partial charge in [-0.15, -0.1) is 0 Å². The molecule has 1 aliphatic rings.